The number of carbonyl (C=O) groups excluding carboxylic acids is 1. The van der Waals surface area contributed by atoms with Gasteiger partial charge in [-0.3, -0.25) is 4.79 Å². The van der Waals surface area contributed by atoms with Crippen molar-refractivity contribution in [2.75, 3.05) is 7.11 Å². The summed E-state index contributed by atoms with van der Waals surface area (Å²) in [6.45, 7) is 11.9. The average molecular weight is 385 g/mol. The van der Waals surface area contributed by atoms with Crippen LogP contribution in [0.25, 0.3) is 0 Å². The van der Waals surface area contributed by atoms with Gasteiger partial charge in [0.25, 0.3) is 0 Å². The van der Waals surface area contributed by atoms with Crippen LogP contribution in [0, 0.1) is 13.8 Å². The number of benzene rings is 2. The summed E-state index contributed by atoms with van der Waals surface area (Å²) in [4.78, 5) is 12.9. The molecule has 28 heavy (non-hydrogen) atoms. The molecule has 0 aliphatic rings. The first kappa shape index (κ1) is 21.8. The smallest absolute Gasteiger partial charge is 0.166 e. The molecule has 0 atom stereocenters. The Morgan fingerprint density at radius 1 is 0.964 bits per heavy atom. The van der Waals surface area contributed by atoms with E-state index in [1.807, 2.05) is 52.8 Å². The van der Waals surface area contributed by atoms with Crippen molar-refractivity contribution in [1.82, 2.24) is 0 Å². The van der Waals surface area contributed by atoms with Gasteiger partial charge in [-0.2, -0.15) is 0 Å². The highest BCUT2D eigenvalue weighted by atomic mass is 16.5. The third-order valence-electron chi connectivity index (χ3n) is 4.57. The fourth-order valence-corrected chi connectivity index (χ4v) is 3.14. The minimum Gasteiger partial charge on any atom is -0.496 e. The number of rotatable bonds is 9. The minimum atomic E-state index is -0.0271. The van der Waals surface area contributed by atoms with Crippen molar-refractivity contribution in [3.8, 4) is 17.2 Å². The highest BCUT2D eigenvalue weighted by Crippen LogP contribution is 2.30. The molecule has 152 valence electrons. The van der Waals surface area contributed by atoms with Crippen LogP contribution in [-0.2, 0) is 6.42 Å². The third-order valence-corrected chi connectivity index (χ3v) is 4.57. The second kappa shape index (κ2) is 9.63. The zero-order valence-corrected chi connectivity index (χ0v) is 18.1. The van der Waals surface area contributed by atoms with Crippen molar-refractivity contribution in [2.24, 2.45) is 0 Å². The lowest BCUT2D eigenvalue weighted by molar-refractivity contribution is 0.0977. The molecular formula is C24H32O4. The molecule has 0 saturated carbocycles. The summed E-state index contributed by atoms with van der Waals surface area (Å²) in [6.07, 6.45) is 1.04. The highest BCUT2D eigenvalue weighted by molar-refractivity contribution is 5.99. The van der Waals surface area contributed by atoms with Crippen LogP contribution in [0.5, 0.6) is 17.2 Å². The predicted octanol–water partition coefficient (Wildman–Crippen LogP) is 5.70. The summed E-state index contributed by atoms with van der Waals surface area (Å²) < 4.78 is 17.2. The van der Waals surface area contributed by atoms with Crippen molar-refractivity contribution in [3.63, 3.8) is 0 Å². The molecule has 0 bridgehead atoms. The van der Waals surface area contributed by atoms with E-state index in [1.165, 1.54) is 5.56 Å². The number of ketones is 1. The molecule has 0 aromatic heterocycles. The van der Waals surface area contributed by atoms with E-state index >= 15 is 0 Å². The zero-order chi connectivity index (χ0) is 20.8. The Kier molecular flexibility index (Phi) is 7.50. The fraction of sp³-hybridized carbons (Fsp3) is 0.458. The van der Waals surface area contributed by atoms with Crippen molar-refractivity contribution >= 4 is 5.78 Å². The van der Waals surface area contributed by atoms with E-state index in [9.17, 15) is 4.79 Å². The normalized spacial score (nSPS) is 11.0. The third kappa shape index (κ3) is 5.51. The first-order valence-corrected chi connectivity index (χ1v) is 9.86. The largest absolute Gasteiger partial charge is 0.496 e. The second-order valence-corrected chi connectivity index (χ2v) is 7.61. The number of ether oxygens (including phenoxy) is 3. The average Bonchev–Trinajstić information content (AvgIpc) is 2.61. The molecule has 0 saturated heterocycles. The molecule has 0 fully saturated rings. The predicted molar refractivity (Wildman–Crippen MR) is 113 cm³/mol. The van der Waals surface area contributed by atoms with Crippen LogP contribution in [0.15, 0.2) is 30.3 Å². The molecule has 0 aliphatic heterocycles. The molecule has 4 heteroatoms. The number of hydrogen-bond donors (Lipinski definition) is 0. The Balaban J connectivity index is 2.23. The Morgan fingerprint density at radius 3 is 2.25 bits per heavy atom. The standard InChI is InChI=1S/C24H32O4/c1-15(2)27-20-11-12-21(23(14-20)28-16(3)4)22(25)13-10-19-9-8-17(5)18(6)24(19)26-7/h8-9,11-12,14-16H,10,13H2,1-7H3. The molecule has 4 nitrogen and oxygen atoms in total. The Bertz CT molecular complexity index is 822. The SMILES string of the molecule is COc1c(CCC(=O)c2ccc(OC(C)C)cc2OC(C)C)ccc(C)c1C. The van der Waals surface area contributed by atoms with E-state index in [2.05, 4.69) is 13.0 Å². The van der Waals surface area contributed by atoms with E-state index in [0.29, 0.717) is 29.9 Å². The summed E-state index contributed by atoms with van der Waals surface area (Å²) in [5, 5.41) is 0. The van der Waals surface area contributed by atoms with Crippen LogP contribution in [0.1, 0.15) is 61.2 Å². The molecule has 2 aromatic rings. The Hall–Kier alpha value is -2.49. The van der Waals surface area contributed by atoms with E-state index in [-0.39, 0.29) is 18.0 Å². The first-order valence-electron chi connectivity index (χ1n) is 9.86. The van der Waals surface area contributed by atoms with Gasteiger partial charge in [0.2, 0.25) is 0 Å². The second-order valence-electron chi connectivity index (χ2n) is 7.61. The van der Waals surface area contributed by atoms with E-state index in [4.69, 9.17) is 14.2 Å². The highest BCUT2D eigenvalue weighted by Gasteiger charge is 2.17. The van der Waals surface area contributed by atoms with Gasteiger partial charge in [0, 0.05) is 12.5 Å². The van der Waals surface area contributed by atoms with Gasteiger partial charge in [0.15, 0.2) is 5.78 Å². The van der Waals surface area contributed by atoms with Gasteiger partial charge in [-0.05, 0) is 76.8 Å². The Labute approximate surface area is 168 Å². The van der Waals surface area contributed by atoms with Gasteiger partial charge >= 0.3 is 0 Å². The van der Waals surface area contributed by atoms with Gasteiger partial charge in [-0.25, -0.2) is 0 Å². The maximum atomic E-state index is 12.9. The fourth-order valence-electron chi connectivity index (χ4n) is 3.14. The number of Topliss-reactive ketones (excluding diaryl/α,β-unsaturated/α-hetero) is 1. The maximum absolute atomic E-state index is 12.9. The van der Waals surface area contributed by atoms with Crippen LogP contribution in [0.2, 0.25) is 0 Å². The molecule has 0 N–H and O–H groups in total. The van der Waals surface area contributed by atoms with Crippen LogP contribution < -0.4 is 14.2 Å². The van der Waals surface area contributed by atoms with Gasteiger partial charge in [0.05, 0.1) is 24.9 Å². The quantitative estimate of drug-likeness (QED) is 0.520. The molecule has 2 aromatic carbocycles. The topological polar surface area (TPSA) is 44.8 Å². The van der Waals surface area contributed by atoms with Crippen LogP contribution >= 0.6 is 0 Å². The van der Waals surface area contributed by atoms with Crippen LogP contribution in [-0.4, -0.2) is 25.1 Å². The van der Waals surface area contributed by atoms with Crippen molar-refractivity contribution in [1.29, 1.82) is 0 Å². The van der Waals surface area contributed by atoms with Gasteiger partial charge in [-0.1, -0.05) is 12.1 Å². The number of methoxy groups -OCH3 is 1. The number of aryl methyl sites for hydroxylation is 2. The van der Waals surface area contributed by atoms with Gasteiger partial charge in [0.1, 0.15) is 17.2 Å². The molecule has 0 amide bonds. The molecule has 0 aliphatic carbocycles. The van der Waals surface area contributed by atoms with E-state index in [1.54, 1.807) is 13.2 Å². The summed E-state index contributed by atoms with van der Waals surface area (Å²) >= 11 is 0. The number of carbonyl (C=O) groups is 1. The Morgan fingerprint density at radius 2 is 1.64 bits per heavy atom. The molecule has 2 rings (SSSR count). The maximum Gasteiger partial charge on any atom is 0.166 e. The molecule has 0 radical (unpaired) electrons. The molecular weight excluding hydrogens is 352 g/mol. The lowest BCUT2D eigenvalue weighted by Gasteiger charge is -2.17. The lowest BCUT2D eigenvalue weighted by Crippen LogP contribution is -2.12. The molecule has 0 unspecified atom stereocenters. The summed E-state index contributed by atoms with van der Waals surface area (Å²) in [7, 11) is 1.68. The monoisotopic (exact) mass is 384 g/mol. The van der Waals surface area contributed by atoms with Crippen molar-refractivity contribution in [3.05, 3.63) is 52.6 Å². The van der Waals surface area contributed by atoms with Gasteiger partial charge < -0.3 is 14.2 Å². The molecule has 0 heterocycles. The number of hydrogen-bond acceptors (Lipinski definition) is 4. The zero-order valence-electron chi connectivity index (χ0n) is 18.1. The van der Waals surface area contributed by atoms with Crippen molar-refractivity contribution < 1.29 is 19.0 Å². The van der Waals surface area contributed by atoms with Crippen LogP contribution in [0.4, 0.5) is 0 Å². The summed E-state index contributed by atoms with van der Waals surface area (Å²) in [5.74, 6) is 2.20. The minimum absolute atomic E-state index is 0.0271. The first-order chi connectivity index (χ1) is 13.2. The lowest BCUT2D eigenvalue weighted by atomic mass is 9.98. The van der Waals surface area contributed by atoms with E-state index < -0.39 is 0 Å². The summed E-state index contributed by atoms with van der Waals surface area (Å²) in [5.41, 5.74) is 3.93. The van der Waals surface area contributed by atoms with Crippen LogP contribution in [0.3, 0.4) is 0 Å². The van der Waals surface area contributed by atoms with Crippen molar-refractivity contribution in [2.45, 2.75) is 66.6 Å². The summed E-state index contributed by atoms with van der Waals surface area (Å²) in [6, 6.07) is 9.55. The van der Waals surface area contributed by atoms with Gasteiger partial charge in [-0.15, -0.1) is 0 Å². The molecule has 0 spiro atoms. The van der Waals surface area contributed by atoms with E-state index in [0.717, 1.165) is 16.9 Å².